The number of halogens is 1. The Hall–Kier alpha value is -2.54. The second kappa shape index (κ2) is 7.35. The van der Waals surface area contributed by atoms with Gasteiger partial charge in [0.2, 0.25) is 5.75 Å². The zero-order valence-corrected chi connectivity index (χ0v) is 14.5. The average Bonchev–Trinajstić information content (AvgIpc) is 2.61. The van der Waals surface area contributed by atoms with Gasteiger partial charge < -0.3 is 14.2 Å². The Kier molecular flexibility index (Phi) is 5.00. The van der Waals surface area contributed by atoms with Crippen LogP contribution in [-0.2, 0) is 0 Å². The highest BCUT2D eigenvalue weighted by molar-refractivity contribution is 9.10. The number of carbonyl (C=O) groups excluding carboxylic acids is 1. The number of rotatable bonds is 4. The van der Waals surface area contributed by atoms with E-state index < -0.39 is 0 Å². The standard InChI is InChI=1S/C17H15BrN2O4/c1-22-14-8-11(9-15-16(14)24-7-6-23-15)10-19-20-17(21)12-4-2-3-5-13(12)18/h2-5,8-10H,6-7H2,1H3,(H,20,21)/b19-10-. The number of ether oxygens (including phenoxy) is 3. The molecule has 0 aliphatic carbocycles. The third kappa shape index (κ3) is 3.51. The molecular weight excluding hydrogens is 376 g/mol. The number of nitrogens with one attached hydrogen (secondary N) is 1. The summed E-state index contributed by atoms with van der Waals surface area (Å²) in [4.78, 5) is 12.1. The van der Waals surface area contributed by atoms with Crippen LogP contribution in [0.1, 0.15) is 15.9 Å². The first-order valence-corrected chi connectivity index (χ1v) is 8.04. The van der Waals surface area contributed by atoms with Crippen molar-refractivity contribution < 1.29 is 19.0 Å². The molecule has 3 rings (SSSR count). The predicted octanol–water partition coefficient (Wildman–Crippen LogP) is 2.99. The number of nitrogens with zero attached hydrogens (tertiary/aromatic N) is 1. The van der Waals surface area contributed by atoms with Crippen LogP contribution in [0.4, 0.5) is 0 Å². The van der Waals surface area contributed by atoms with Gasteiger partial charge in [-0.3, -0.25) is 4.79 Å². The minimum Gasteiger partial charge on any atom is -0.493 e. The predicted molar refractivity (Wildman–Crippen MR) is 93.2 cm³/mol. The minimum atomic E-state index is -0.303. The lowest BCUT2D eigenvalue weighted by Gasteiger charge is -2.20. The molecular formula is C17H15BrN2O4. The molecule has 0 saturated heterocycles. The van der Waals surface area contributed by atoms with Crippen LogP contribution >= 0.6 is 15.9 Å². The zero-order valence-electron chi connectivity index (χ0n) is 12.9. The second-order valence-electron chi connectivity index (χ2n) is 4.93. The minimum absolute atomic E-state index is 0.303. The van der Waals surface area contributed by atoms with Crippen LogP contribution in [0.2, 0.25) is 0 Å². The molecule has 0 saturated carbocycles. The van der Waals surface area contributed by atoms with Crippen LogP contribution in [0.25, 0.3) is 0 Å². The van der Waals surface area contributed by atoms with Crippen molar-refractivity contribution in [3.8, 4) is 17.2 Å². The first kappa shape index (κ1) is 16.3. The van der Waals surface area contributed by atoms with Crippen molar-refractivity contribution in [3.63, 3.8) is 0 Å². The van der Waals surface area contributed by atoms with Gasteiger partial charge in [0.15, 0.2) is 11.5 Å². The summed E-state index contributed by atoms with van der Waals surface area (Å²) in [5, 5.41) is 3.99. The number of amides is 1. The molecule has 1 aliphatic rings. The van der Waals surface area contributed by atoms with Gasteiger partial charge in [-0.2, -0.15) is 5.10 Å². The van der Waals surface area contributed by atoms with Crippen LogP contribution < -0.4 is 19.6 Å². The van der Waals surface area contributed by atoms with Crippen LogP contribution in [0.5, 0.6) is 17.2 Å². The van der Waals surface area contributed by atoms with Crippen molar-refractivity contribution in [3.05, 3.63) is 52.0 Å². The van der Waals surface area contributed by atoms with Gasteiger partial charge in [0.25, 0.3) is 5.91 Å². The van der Waals surface area contributed by atoms with E-state index in [4.69, 9.17) is 14.2 Å². The van der Waals surface area contributed by atoms with Gasteiger partial charge in [0, 0.05) is 10.0 Å². The largest absolute Gasteiger partial charge is 0.493 e. The molecule has 2 aromatic rings. The number of hydrogen-bond acceptors (Lipinski definition) is 5. The third-order valence-electron chi connectivity index (χ3n) is 3.35. The Balaban J connectivity index is 1.75. The normalized spacial score (nSPS) is 12.9. The van der Waals surface area contributed by atoms with E-state index in [-0.39, 0.29) is 5.91 Å². The van der Waals surface area contributed by atoms with E-state index >= 15 is 0 Å². The molecule has 6 nitrogen and oxygen atoms in total. The molecule has 0 aromatic heterocycles. The summed E-state index contributed by atoms with van der Waals surface area (Å²) in [6, 6.07) is 10.7. The van der Waals surface area contributed by atoms with E-state index in [0.717, 1.165) is 5.56 Å². The van der Waals surface area contributed by atoms with Gasteiger partial charge in [0.05, 0.1) is 18.9 Å². The summed E-state index contributed by atoms with van der Waals surface area (Å²) >= 11 is 3.33. The molecule has 7 heteroatoms. The molecule has 124 valence electrons. The summed E-state index contributed by atoms with van der Waals surface area (Å²) in [5.74, 6) is 1.44. The molecule has 0 bridgehead atoms. The SMILES string of the molecule is COc1cc(/C=N\NC(=O)c2ccccc2Br)cc2c1OCCO2. The van der Waals surface area contributed by atoms with Crippen molar-refractivity contribution in [1.29, 1.82) is 0 Å². The molecule has 0 unspecified atom stereocenters. The van der Waals surface area contributed by atoms with Crippen LogP contribution in [0, 0.1) is 0 Å². The molecule has 1 N–H and O–H groups in total. The highest BCUT2D eigenvalue weighted by Gasteiger charge is 2.18. The van der Waals surface area contributed by atoms with Crippen molar-refractivity contribution in [2.45, 2.75) is 0 Å². The number of hydrogen-bond donors (Lipinski definition) is 1. The van der Waals surface area contributed by atoms with E-state index in [9.17, 15) is 4.79 Å². The Bertz CT molecular complexity index is 775. The fourth-order valence-electron chi connectivity index (χ4n) is 2.24. The van der Waals surface area contributed by atoms with Crippen molar-refractivity contribution in [2.24, 2.45) is 5.10 Å². The summed E-state index contributed by atoms with van der Waals surface area (Å²) in [7, 11) is 1.56. The maximum atomic E-state index is 12.1. The van der Waals surface area contributed by atoms with Gasteiger partial charge >= 0.3 is 0 Å². The number of methoxy groups -OCH3 is 1. The molecule has 1 amide bonds. The maximum Gasteiger partial charge on any atom is 0.272 e. The van der Waals surface area contributed by atoms with Crippen LogP contribution in [0.3, 0.4) is 0 Å². The first-order valence-electron chi connectivity index (χ1n) is 7.24. The Morgan fingerprint density at radius 2 is 2.08 bits per heavy atom. The van der Waals surface area contributed by atoms with Crippen LogP contribution in [0.15, 0.2) is 46.0 Å². The van der Waals surface area contributed by atoms with E-state index in [1.165, 1.54) is 6.21 Å². The fourth-order valence-corrected chi connectivity index (χ4v) is 2.70. The Morgan fingerprint density at radius 1 is 1.29 bits per heavy atom. The smallest absolute Gasteiger partial charge is 0.272 e. The van der Waals surface area contributed by atoms with E-state index in [1.54, 1.807) is 37.4 Å². The summed E-state index contributed by atoms with van der Waals surface area (Å²) < 4.78 is 17.1. The molecule has 0 spiro atoms. The molecule has 1 heterocycles. The van der Waals surface area contributed by atoms with Gasteiger partial charge in [-0.15, -0.1) is 0 Å². The van der Waals surface area contributed by atoms with E-state index in [1.807, 2.05) is 6.07 Å². The van der Waals surface area contributed by atoms with Gasteiger partial charge in [-0.05, 0) is 40.2 Å². The Labute approximate surface area is 147 Å². The molecule has 24 heavy (non-hydrogen) atoms. The lowest BCUT2D eigenvalue weighted by molar-refractivity contribution is 0.0954. The third-order valence-corrected chi connectivity index (χ3v) is 4.04. The molecule has 2 aromatic carbocycles. The molecule has 0 radical (unpaired) electrons. The summed E-state index contributed by atoms with van der Waals surface area (Å²) in [6.45, 7) is 0.967. The Morgan fingerprint density at radius 3 is 2.88 bits per heavy atom. The van der Waals surface area contributed by atoms with Gasteiger partial charge in [0.1, 0.15) is 13.2 Å². The average molecular weight is 391 g/mol. The lowest BCUT2D eigenvalue weighted by Crippen LogP contribution is -2.18. The number of benzene rings is 2. The molecule has 0 fully saturated rings. The van der Waals surface area contributed by atoms with Crippen molar-refractivity contribution in [2.75, 3.05) is 20.3 Å². The second-order valence-corrected chi connectivity index (χ2v) is 5.78. The number of fused-ring (bicyclic) bond motifs is 1. The van der Waals surface area contributed by atoms with Gasteiger partial charge in [-0.1, -0.05) is 12.1 Å². The number of carbonyl (C=O) groups is 1. The quantitative estimate of drug-likeness (QED) is 0.643. The van der Waals surface area contributed by atoms with Crippen molar-refractivity contribution >= 4 is 28.1 Å². The fraction of sp³-hybridized carbons (Fsp3) is 0.176. The molecule has 1 aliphatic heterocycles. The zero-order chi connectivity index (χ0) is 16.9. The lowest BCUT2D eigenvalue weighted by atomic mass is 10.2. The van der Waals surface area contributed by atoms with Gasteiger partial charge in [-0.25, -0.2) is 5.43 Å². The highest BCUT2D eigenvalue weighted by atomic mass is 79.9. The monoisotopic (exact) mass is 390 g/mol. The summed E-state index contributed by atoms with van der Waals surface area (Å²) in [6.07, 6.45) is 1.52. The van der Waals surface area contributed by atoms with E-state index in [2.05, 4.69) is 26.5 Å². The highest BCUT2D eigenvalue weighted by Crippen LogP contribution is 2.39. The summed E-state index contributed by atoms with van der Waals surface area (Å²) in [5.41, 5.74) is 3.73. The molecule has 0 atom stereocenters. The first-order chi connectivity index (χ1) is 11.7. The number of hydrazone groups is 1. The van der Waals surface area contributed by atoms with Crippen molar-refractivity contribution in [1.82, 2.24) is 5.43 Å². The van der Waals surface area contributed by atoms with E-state index in [0.29, 0.717) is 40.5 Å². The van der Waals surface area contributed by atoms with Crippen LogP contribution in [-0.4, -0.2) is 32.4 Å². The maximum absolute atomic E-state index is 12.1. The topological polar surface area (TPSA) is 69.2 Å².